The third kappa shape index (κ3) is 2.99. The van der Waals surface area contributed by atoms with Crippen molar-refractivity contribution in [2.45, 2.75) is 20.8 Å². The molecule has 1 N–H and O–H groups in total. The fourth-order valence-corrected chi connectivity index (χ4v) is 1.64. The Morgan fingerprint density at radius 1 is 1.53 bits per heavy atom. The number of rotatable bonds is 3. The highest BCUT2D eigenvalue weighted by Crippen LogP contribution is 2.17. The Morgan fingerprint density at radius 2 is 2.20 bits per heavy atom. The molecular weight excluding hydrogens is 212 g/mol. The first-order valence-corrected chi connectivity index (χ1v) is 5.37. The van der Waals surface area contributed by atoms with Crippen LogP contribution >= 0.6 is 11.3 Å². The van der Waals surface area contributed by atoms with Gasteiger partial charge in [-0.15, -0.1) is 10.2 Å². The molecule has 0 spiro atoms. The molecule has 0 aliphatic rings. The number of hydrogen-bond donors (Lipinski definition) is 1. The van der Waals surface area contributed by atoms with Gasteiger partial charge < -0.3 is 0 Å². The maximum absolute atomic E-state index is 11.6. The molecule has 15 heavy (non-hydrogen) atoms. The zero-order chi connectivity index (χ0) is 11.4. The Balaban J connectivity index is 2.67. The Hall–Kier alpha value is -1.48. The van der Waals surface area contributed by atoms with Crippen LogP contribution in [0.5, 0.6) is 0 Å². The van der Waals surface area contributed by atoms with Gasteiger partial charge in [-0.05, 0) is 12.8 Å². The average Bonchev–Trinajstić information content (AvgIpc) is 2.51. The maximum Gasteiger partial charge on any atom is 0.243 e. The van der Waals surface area contributed by atoms with E-state index in [0.717, 1.165) is 5.01 Å². The highest BCUT2D eigenvalue weighted by atomic mass is 32.1. The molecule has 0 saturated heterocycles. The fourth-order valence-electron chi connectivity index (χ4n) is 1.04. The van der Waals surface area contributed by atoms with Gasteiger partial charge in [-0.3, -0.25) is 10.1 Å². The van der Waals surface area contributed by atoms with Gasteiger partial charge in [-0.25, -0.2) is 0 Å². The summed E-state index contributed by atoms with van der Waals surface area (Å²) in [6.45, 7) is 5.47. The van der Waals surface area contributed by atoms with Gasteiger partial charge >= 0.3 is 0 Å². The first-order chi connectivity index (χ1) is 7.04. The number of aryl methyl sites for hydroxylation is 1. The van der Waals surface area contributed by atoms with E-state index in [1.165, 1.54) is 11.3 Å². The summed E-state index contributed by atoms with van der Waals surface area (Å²) in [5, 5.41) is 20.1. The quantitative estimate of drug-likeness (QED) is 0.845. The number of nitriles is 1. The molecule has 0 fully saturated rings. The Kier molecular flexibility index (Phi) is 3.74. The second kappa shape index (κ2) is 4.84. The van der Waals surface area contributed by atoms with Crippen LogP contribution in [0.3, 0.4) is 0 Å². The fraction of sp³-hybridized carbons (Fsp3) is 0.556. The minimum absolute atomic E-state index is 0.0102. The van der Waals surface area contributed by atoms with Crippen LogP contribution in [-0.2, 0) is 4.79 Å². The van der Waals surface area contributed by atoms with Gasteiger partial charge in [0, 0.05) is 0 Å². The number of nitrogens with zero attached hydrogens (tertiary/aromatic N) is 3. The molecule has 1 amide bonds. The van der Waals surface area contributed by atoms with Crippen LogP contribution < -0.4 is 5.32 Å². The smallest absolute Gasteiger partial charge is 0.243 e. The standard InChI is InChI=1S/C9H12N4OS/c1-5(2)7(4-10)8(14)11-9-13-12-6(3)15-9/h5,7H,1-3H3,(H,11,13,14). The molecule has 6 heteroatoms. The summed E-state index contributed by atoms with van der Waals surface area (Å²) in [5.41, 5.74) is 0. The molecule has 1 heterocycles. The zero-order valence-corrected chi connectivity index (χ0v) is 9.63. The molecule has 0 aromatic carbocycles. The van der Waals surface area contributed by atoms with Gasteiger partial charge in [0.05, 0.1) is 6.07 Å². The van der Waals surface area contributed by atoms with Crippen molar-refractivity contribution in [3.05, 3.63) is 5.01 Å². The summed E-state index contributed by atoms with van der Waals surface area (Å²) >= 11 is 1.29. The van der Waals surface area contributed by atoms with Gasteiger partial charge in [0.25, 0.3) is 0 Å². The van der Waals surface area contributed by atoms with Gasteiger partial charge in [0.2, 0.25) is 11.0 Å². The largest absolute Gasteiger partial charge is 0.299 e. The molecule has 1 rings (SSSR count). The van der Waals surface area contributed by atoms with E-state index in [1.807, 2.05) is 19.9 Å². The highest BCUT2D eigenvalue weighted by Gasteiger charge is 2.22. The number of amides is 1. The molecule has 0 saturated carbocycles. The number of nitrogens with one attached hydrogen (secondary N) is 1. The lowest BCUT2D eigenvalue weighted by Gasteiger charge is -2.10. The predicted molar refractivity (Wildman–Crippen MR) is 57.2 cm³/mol. The lowest BCUT2D eigenvalue weighted by molar-refractivity contribution is -0.119. The van der Waals surface area contributed by atoms with Crippen LogP contribution in [0.2, 0.25) is 0 Å². The van der Waals surface area contributed by atoms with Crippen molar-refractivity contribution < 1.29 is 4.79 Å². The topological polar surface area (TPSA) is 78.7 Å². The van der Waals surface area contributed by atoms with E-state index >= 15 is 0 Å². The van der Waals surface area contributed by atoms with Crippen LogP contribution in [0.15, 0.2) is 0 Å². The maximum atomic E-state index is 11.6. The summed E-state index contributed by atoms with van der Waals surface area (Å²) in [6, 6.07) is 1.97. The van der Waals surface area contributed by atoms with E-state index in [0.29, 0.717) is 5.13 Å². The zero-order valence-electron chi connectivity index (χ0n) is 8.81. The number of carbonyl (C=O) groups excluding carboxylic acids is 1. The van der Waals surface area contributed by atoms with Crippen molar-refractivity contribution in [2.75, 3.05) is 5.32 Å². The third-order valence-corrected chi connectivity index (χ3v) is 2.60. The van der Waals surface area contributed by atoms with Crippen molar-refractivity contribution in [1.82, 2.24) is 10.2 Å². The summed E-state index contributed by atoms with van der Waals surface area (Å²) in [6.07, 6.45) is 0. The predicted octanol–water partition coefficient (Wildman–Crippen LogP) is 1.58. The van der Waals surface area contributed by atoms with Gasteiger partial charge in [-0.2, -0.15) is 5.26 Å². The number of carbonyl (C=O) groups is 1. The Bertz CT molecular complexity index is 393. The van der Waals surface area contributed by atoms with Crippen LogP contribution in [0.25, 0.3) is 0 Å². The molecule has 1 aromatic rings. The molecule has 1 atom stereocenters. The van der Waals surface area contributed by atoms with E-state index in [1.54, 1.807) is 6.92 Å². The third-order valence-electron chi connectivity index (χ3n) is 1.84. The second-order valence-corrected chi connectivity index (χ2v) is 4.65. The van der Waals surface area contributed by atoms with Crippen LogP contribution in [-0.4, -0.2) is 16.1 Å². The van der Waals surface area contributed by atoms with Crippen molar-refractivity contribution in [1.29, 1.82) is 5.26 Å². The van der Waals surface area contributed by atoms with E-state index < -0.39 is 5.92 Å². The summed E-state index contributed by atoms with van der Waals surface area (Å²) in [7, 11) is 0. The summed E-state index contributed by atoms with van der Waals surface area (Å²) in [5.74, 6) is -0.970. The first kappa shape index (κ1) is 11.6. The normalized spacial score (nSPS) is 12.2. The minimum Gasteiger partial charge on any atom is -0.299 e. The lowest BCUT2D eigenvalue weighted by Crippen LogP contribution is -2.25. The minimum atomic E-state index is -0.644. The molecule has 80 valence electrons. The van der Waals surface area contributed by atoms with Crippen molar-refractivity contribution >= 4 is 22.4 Å². The summed E-state index contributed by atoms with van der Waals surface area (Å²) < 4.78 is 0. The van der Waals surface area contributed by atoms with Crippen LogP contribution in [0.1, 0.15) is 18.9 Å². The van der Waals surface area contributed by atoms with Gasteiger partial charge in [0.1, 0.15) is 10.9 Å². The van der Waals surface area contributed by atoms with Crippen molar-refractivity contribution in [3.8, 4) is 6.07 Å². The van der Waals surface area contributed by atoms with Crippen LogP contribution in [0, 0.1) is 30.1 Å². The molecule has 5 nitrogen and oxygen atoms in total. The van der Waals surface area contributed by atoms with Gasteiger partial charge in [0.15, 0.2) is 0 Å². The average molecular weight is 224 g/mol. The highest BCUT2D eigenvalue weighted by molar-refractivity contribution is 7.15. The molecule has 0 bridgehead atoms. The molecule has 0 aliphatic carbocycles. The number of hydrogen-bond acceptors (Lipinski definition) is 5. The SMILES string of the molecule is Cc1nnc(NC(=O)C(C#N)C(C)C)s1. The molecule has 0 aliphatic heterocycles. The second-order valence-electron chi connectivity index (χ2n) is 3.47. The number of aromatic nitrogens is 2. The van der Waals surface area contributed by atoms with Crippen molar-refractivity contribution in [2.24, 2.45) is 11.8 Å². The van der Waals surface area contributed by atoms with E-state index in [2.05, 4.69) is 15.5 Å². The number of anilines is 1. The van der Waals surface area contributed by atoms with E-state index in [4.69, 9.17) is 5.26 Å². The molecule has 1 unspecified atom stereocenters. The lowest BCUT2D eigenvalue weighted by atomic mass is 9.97. The van der Waals surface area contributed by atoms with Crippen molar-refractivity contribution in [3.63, 3.8) is 0 Å². The molecule has 1 aromatic heterocycles. The van der Waals surface area contributed by atoms with Crippen LogP contribution in [0.4, 0.5) is 5.13 Å². The molecular formula is C9H12N4OS. The summed E-state index contributed by atoms with van der Waals surface area (Å²) in [4.78, 5) is 11.6. The Labute approximate surface area is 92.1 Å². The van der Waals surface area contributed by atoms with E-state index in [9.17, 15) is 4.79 Å². The first-order valence-electron chi connectivity index (χ1n) is 4.55. The van der Waals surface area contributed by atoms with E-state index in [-0.39, 0.29) is 11.8 Å². The Morgan fingerprint density at radius 3 is 2.60 bits per heavy atom. The monoisotopic (exact) mass is 224 g/mol. The molecule has 0 radical (unpaired) electrons. The van der Waals surface area contributed by atoms with Gasteiger partial charge in [-0.1, -0.05) is 25.2 Å².